The van der Waals surface area contributed by atoms with Crippen LogP contribution < -0.4 is 0 Å². The van der Waals surface area contributed by atoms with E-state index in [1.807, 2.05) is 0 Å². The van der Waals surface area contributed by atoms with E-state index in [9.17, 15) is 4.79 Å². The fraction of sp³-hybridized carbons (Fsp3) is 0.667. The third-order valence-corrected chi connectivity index (χ3v) is 3.36. The van der Waals surface area contributed by atoms with Crippen LogP contribution >= 0.6 is 0 Å². The van der Waals surface area contributed by atoms with E-state index in [0.717, 1.165) is 18.8 Å². The van der Waals surface area contributed by atoms with E-state index in [4.69, 9.17) is 5.11 Å². The number of carboxylic acids is 1. The zero-order chi connectivity index (χ0) is 12.3. The Hall–Kier alpha value is -1.36. The first-order valence-electron chi connectivity index (χ1n) is 6.15. The SMILES string of the molecule is Cn1ncc(C(=O)O)c1CN1CCCCCC1. The molecular formula is C12H19N3O2. The second kappa shape index (κ2) is 5.31. The standard InChI is InChI=1S/C12H19N3O2/c1-14-11(10(8-13-14)12(16)17)9-15-6-4-2-3-5-7-15/h8H,2-7,9H2,1H3,(H,16,17). The molecule has 2 heterocycles. The fourth-order valence-corrected chi connectivity index (χ4v) is 2.34. The van der Waals surface area contributed by atoms with E-state index in [2.05, 4.69) is 10.00 Å². The van der Waals surface area contributed by atoms with Gasteiger partial charge < -0.3 is 5.11 Å². The molecule has 1 N–H and O–H groups in total. The summed E-state index contributed by atoms with van der Waals surface area (Å²) in [7, 11) is 1.81. The van der Waals surface area contributed by atoms with Gasteiger partial charge in [-0.1, -0.05) is 12.8 Å². The summed E-state index contributed by atoms with van der Waals surface area (Å²) in [6.07, 6.45) is 6.43. The zero-order valence-corrected chi connectivity index (χ0v) is 10.2. The molecule has 1 aliphatic heterocycles. The Kier molecular flexibility index (Phi) is 3.78. The number of nitrogens with zero attached hydrogens (tertiary/aromatic N) is 3. The zero-order valence-electron chi connectivity index (χ0n) is 10.2. The first-order chi connectivity index (χ1) is 8.18. The van der Waals surface area contributed by atoms with Crippen molar-refractivity contribution in [3.63, 3.8) is 0 Å². The van der Waals surface area contributed by atoms with Crippen LogP contribution in [0.15, 0.2) is 6.20 Å². The number of carboxylic acid groups (broad SMARTS) is 1. The maximum Gasteiger partial charge on any atom is 0.339 e. The number of aromatic nitrogens is 2. The van der Waals surface area contributed by atoms with E-state index in [1.54, 1.807) is 11.7 Å². The molecule has 0 amide bonds. The molecule has 1 aliphatic rings. The monoisotopic (exact) mass is 237 g/mol. The first kappa shape index (κ1) is 12.1. The number of hydrogen-bond acceptors (Lipinski definition) is 3. The number of rotatable bonds is 3. The molecule has 17 heavy (non-hydrogen) atoms. The maximum atomic E-state index is 11.1. The van der Waals surface area contributed by atoms with Crippen LogP contribution in [0.3, 0.4) is 0 Å². The molecule has 94 valence electrons. The van der Waals surface area contributed by atoms with Gasteiger partial charge in [-0.2, -0.15) is 5.10 Å². The van der Waals surface area contributed by atoms with Crippen molar-refractivity contribution in [3.8, 4) is 0 Å². The lowest BCUT2D eigenvalue weighted by molar-refractivity contribution is 0.0694. The molecule has 0 radical (unpaired) electrons. The molecule has 0 unspecified atom stereocenters. The molecule has 0 atom stereocenters. The second-order valence-electron chi connectivity index (χ2n) is 4.62. The second-order valence-corrected chi connectivity index (χ2v) is 4.62. The lowest BCUT2D eigenvalue weighted by Crippen LogP contribution is -2.26. The first-order valence-corrected chi connectivity index (χ1v) is 6.15. The van der Waals surface area contributed by atoms with Gasteiger partial charge in [0.25, 0.3) is 0 Å². The molecule has 0 aliphatic carbocycles. The Balaban J connectivity index is 2.11. The molecule has 0 saturated carbocycles. The summed E-state index contributed by atoms with van der Waals surface area (Å²) in [5.41, 5.74) is 1.14. The van der Waals surface area contributed by atoms with Crippen LogP contribution in [-0.4, -0.2) is 38.8 Å². The van der Waals surface area contributed by atoms with Gasteiger partial charge in [0.1, 0.15) is 5.56 Å². The van der Waals surface area contributed by atoms with Crippen molar-refractivity contribution < 1.29 is 9.90 Å². The van der Waals surface area contributed by atoms with Crippen molar-refractivity contribution in [2.24, 2.45) is 7.05 Å². The number of aryl methyl sites for hydroxylation is 1. The highest BCUT2D eigenvalue weighted by Gasteiger charge is 2.18. The van der Waals surface area contributed by atoms with Crippen molar-refractivity contribution in [1.82, 2.24) is 14.7 Å². The molecule has 1 aromatic rings. The molecule has 5 heteroatoms. The highest BCUT2D eigenvalue weighted by molar-refractivity contribution is 5.88. The summed E-state index contributed by atoms with van der Waals surface area (Å²) in [4.78, 5) is 13.4. The van der Waals surface area contributed by atoms with Crippen LogP contribution in [0.1, 0.15) is 41.7 Å². The number of likely N-dealkylation sites (tertiary alicyclic amines) is 1. The highest BCUT2D eigenvalue weighted by Crippen LogP contribution is 2.15. The Morgan fingerprint density at radius 2 is 2.00 bits per heavy atom. The summed E-state index contributed by atoms with van der Waals surface area (Å²) in [6, 6.07) is 0. The van der Waals surface area contributed by atoms with E-state index < -0.39 is 5.97 Å². The Morgan fingerprint density at radius 3 is 2.59 bits per heavy atom. The van der Waals surface area contributed by atoms with Crippen LogP contribution in [0.25, 0.3) is 0 Å². The van der Waals surface area contributed by atoms with Gasteiger partial charge in [-0.05, 0) is 25.9 Å². The van der Waals surface area contributed by atoms with Crippen LogP contribution in [0.4, 0.5) is 0 Å². The molecule has 1 fully saturated rings. The highest BCUT2D eigenvalue weighted by atomic mass is 16.4. The summed E-state index contributed by atoms with van der Waals surface area (Å²) in [5, 5.41) is 13.1. The van der Waals surface area contributed by atoms with Crippen LogP contribution in [0, 0.1) is 0 Å². The van der Waals surface area contributed by atoms with Crippen LogP contribution in [-0.2, 0) is 13.6 Å². The maximum absolute atomic E-state index is 11.1. The summed E-state index contributed by atoms with van der Waals surface area (Å²) in [6.45, 7) is 2.81. The van der Waals surface area contributed by atoms with Crippen LogP contribution in [0.5, 0.6) is 0 Å². The van der Waals surface area contributed by atoms with E-state index >= 15 is 0 Å². The van der Waals surface area contributed by atoms with Crippen molar-refractivity contribution in [1.29, 1.82) is 0 Å². The van der Waals surface area contributed by atoms with E-state index in [0.29, 0.717) is 12.1 Å². The molecule has 2 rings (SSSR count). The predicted molar refractivity (Wildman–Crippen MR) is 63.9 cm³/mol. The normalized spacial score (nSPS) is 17.9. The lowest BCUT2D eigenvalue weighted by atomic mass is 10.2. The minimum absolute atomic E-state index is 0.330. The van der Waals surface area contributed by atoms with Crippen molar-refractivity contribution >= 4 is 5.97 Å². The summed E-state index contributed by atoms with van der Waals surface area (Å²) in [5.74, 6) is -0.886. The number of hydrogen-bond donors (Lipinski definition) is 1. The van der Waals surface area contributed by atoms with Gasteiger partial charge in [0.15, 0.2) is 0 Å². The Morgan fingerprint density at radius 1 is 1.35 bits per heavy atom. The fourth-order valence-electron chi connectivity index (χ4n) is 2.34. The van der Waals surface area contributed by atoms with Crippen molar-refractivity contribution in [2.75, 3.05) is 13.1 Å². The van der Waals surface area contributed by atoms with Gasteiger partial charge in [-0.15, -0.1) is 0 Å². The Bertz CT molecular complexity index is 392. The van der Waals surface area contributed by atoms with Crippen molar-refractivity contribution in [2.45, 2.75) is 32.2 Å². The van der Waals surface area contributed by atoms with E-state index in [-0.39, 0.29) is 0 Å². The van der Waals surface area contributed by atoms with Gasteiger partial charge in [-0.3, -0.25) is 9.58 Å². The smallest absolute Gasteiger partial charge is 0.339 e. The lowest BCUT2D eigenvalue weighted by Gasteiger charge is -2.20. The molecule has 0 aromatic carbocycles. The third kappa shape index (κ3) is 2.85. The molecule has 1 aromatic heterocycles. The minimum atomic E-state index is -0.886. The van der Waals surface area contributed by atoms with Crippen LogP contribution in [0.2, 0.25) is 0 Å². The average molecular weight is 237 g/mol. The number of aromatic carboxylic acids is 1. The van der Waals surface area contributed by atoms with Crippen molar-refractivity contribution in [3.05, 3.63) is 17.5 Å². The molecule has 0 bridgehead atoms. The topological polar surface area (TPSA) is 58.4 Å². The van der Waals surface area contributed by atoms with Gasteiger partial charge in [0.05, 0.1) is 11.9 Å². The predicted octanol–water partition coefficient (Wildman–Crippen LogP) is 1.49. The Labute approximate surface area is 101 Å². The van der Waals surface area contributed by atoms with E-state index in [1.165, 1.54) is 31.9 Å². The summed E-state index contributed by atoms with van der Waals surface area (Å²) >= 11 is 0. The van der Waals surface area contributed by atoms with Gasteiger partial charge >= 0.3 is 5.97 Å². The molecule has 0 spiro atoms. The van der Waals surface area contributed by atoms with Gasteiger partial charge in [0, 0.05) is 13.6 Å². The molecule has 5 nitrogen and oxygen atoms in total. The van der Waals surface area contributed by atoms with Gasteiger partial charge in [0.2, 0.25) is 0 Å². The molecule has 1 saturated heterocycles. The minimum Gasteiger partial charge on any atom is -0.478 e. The molecular weight excluding hydrogens is 218 g/mol. The average Bonchev–Trinajstić information content (AvgIpc) is 2.52. The largest absolute Gasteiger partial charge is 0.478 e. The quantitative estimate of drug-likeness (QED) is 0.865. The summed E-state index contributed by atoms with van der Waals surface area (Å²) < 4.78 is 1.67. The van der Waals surface area contributed by atoms with Gasteiger partial charge in [-0.25, -0.2) is 4.79 Å². The third-order valence-electron chi connectivity index (χ3n) is 3.36. The number of carbonyl (C=O) groups is 1.